The summed E-state index contributed by atoms with van der Waals surface area (Å²) in [5.74, 6) is 0.106. The second kappa shape index (κ2) is 5.21. The van der Waals surface area contributed by atoms with Crippen LogP contribution in [0.1, 0.15) is 39.0 Å². The van der Waals surface area contributed by atoms with Gasteiger partial charge in [-0.15, -0.1) is 0 Å². The maximum Gasteiger partial charge on any atom is 0.225 e. The monoisotopic (exact) mass is 295 g/mol. The fourth-order valence-corrected chi connectivity index (χ4v) is 3.60. The summed E-state index contributed by atoms with van der Waals surface area (Å²) >= 11 is 3.80. The Morgan fingerprint density at radius 1 is 1.18 bits per heavy atom. The zero-order valence-corrected chi connectivity index (χ0v) is 11.7. The number of rotatable bonds is 2. The van der Waals surface area contributed by atoms with Crippen molar-refractivity contribution in [2.75, 3.05) is 4.90 Å². The van der Waals surface area contributed by atoms with E-state index in [4.69, 9.17) is 0 Å². The van der Waals surface area contributed by atoms with Crippen LogP contribution in [-0.2, 0) is 4.79 Å². The Balaban J connectivity index is 2.32. The van der Waals surface area contributed by atoms with E-state index in [0.717, 1.165) is 18.5 Å². The first-order valence-corrected chi connectivity index (χ1v) is 6.97. The minimum Gasteiger partial charge on any atom is -0.297 e. The van der Waals surface area contributed by atoms with Gasteiger partial charge >= 0.3 is 0 Å². The average Bonchev–Trinajstić information content (AvgIpc) is 2.30. The van der Waals surface area contributed by atoms with E-state index in [9.17, 15) is 4.79 Å². The van der Waals surface area contributed by atoms with E-state index < -0.39 is 0 Å². The molecule has 1 amide bonds. The molecule has 1 fully saturated rings. The van der Waals surface area contributed by atoms with Crippen LogP contribution in [0.15, 0.2) is 30.3 Å². The van der Waals surface area contributed by atoms with Gasteiger partial charge in [-0.25, -0.2) is 0 Å². The van der Waals surface area contributed by atoms with Gasteiger partial charge in [0.1, 0.15) is 4.45 Å². The molecular weight excluding hydrogens is 278 g/mol. The first-order valence-electron chi connectivity index (χ1n) is 6.18. The van der Waals surface area contributed by atoms with Gasteiger partial charge in [0.2, 0.25) is 5.91 Å². The smallest absolute Gasteiger partial charge is 0.225 e. The summed E-state index contributed by atoms with van der Waals surface area (Å²) in [5, 5.41) is 0. The van der Waals surface area contributed by atoms with Crippen molar-refractivity contribution in [3.05, 3.63) is 30.3 Å². The van der Waals surface area contributed by atoms with Crippen molar-refractivity contribution >= 4 is 27.5 Å². The number of carbonyl (C=O) groups is 1. The molecule has 17 heavy (non-hydrogen) atoms. The number of amides is 1. The molecule has 1 aromatic rings. The lowest BCUT2D eigenvalue weighted by atomic mass is 9.93. The number of nitrogens with zero attached hydrogens (tertiary/aromatic N) is 1. The molecule has 1 aliphatic rings. The normalized spacial score (nSPS) is 18.7. The number of alkyl halides is 1. The predicted molar refractivity (Wildman–Crippen MR) is 74.3 cm³/mol. The minimum absolute atomic E-state index is 0.106. The van der Waals surface area contributed by atoms with Crippen LogP contribution >= 0.6 is 15.9 Å². The summed E-state index contributed by atoms with van der Waals surface area (Å²) in [4.78, 5) is 13.9. The van der Waals surface area contributed by atoms with Crippen LogP contribution in [-0.4, -0.2) is 10.4 Å². The predicted octanol–water partition coefficient (Wildman–Crippen LogP) is 4.09. The Bertz CT molecular complexity index is 384. The van der Waals surface area contributed by atoms with E-state index in [0.29, 0.717) is 0 Å². The molecule has 1 aliphatic carbocycles. The van der Waals surface area contributed by atoms with Crippen LogP contribution in [0.25, 0.3) is 0 Å². The van der Waals surface area contributed by atoms with Gasteiger partial charge in [-0.2, -0.15) is 0 Å². The van der Waals surface area contributed by atoms with E-state index in [2.05, 4.69) is 15.9 Å². The Labute approximate surface area is 111 Å². The molecular formula is C14H18BrNO. The lowest BCUT2D eigenvalue weighted by Crippen LogP contribution is -2.48. The third-order valence-electron chi connectivity index (χ3n) is 3.35. The van der Waals surface area contributed by atoms with Gasteiger partial charge in [-0.3, -0.25) is 9.69 Å². The molecule has 2 nitrogen and oxygen atoms in total. The van der Waals surface area contributed by atoms with Crippen LogP contribution < -0.4 is 4.90 Å². The second-order valence-corrected chi connectivity index (χ2v) is 6.14. The molecule has 0 unspecified atom stereocenters. The molecule has 1 aromatic carbocycles. The molecule has 0 N–H and O–H groups in total. The molecule has 0 radical (unpaired) electrons. The Morgan fingerprint density at radius 3 is 2.29 bits per heavy atom. The largest absolute Gasteiger partial charge is 0.297 e. The highest BCUT2D eigenvalue weighted by Gasteiger charge is 2.37. The molecule has 0 aromatic heterocycles. The molecule has 2 rings (SSSR count). The number of hydrogen-bond acceptors (Lipinski definition) is 1. The molecule has 0 heterocycles. The zero-order valence-electron chi connectivity index (χ0n) is 10.2. The molecule has 1 saturated carbocycles. The van der Waals surface area contributed by atoms with Gasteiger partial charge < -0.3 is 0 Å². The molecule has 0 atom stereocenters. The highest BCUT2D eigenvalue weighted by Crippen LogP contribution is 2.41. The van der Waals surface area contributed by atoms with E-state index in [1.165, 1.54) is 19.3 Å². The molecule has 92 valence electrons. The lowest BCUT2D eigenvalue weighted by Gasteiger charge is -2.41. The van der Waals surface area contributed by atoms with E-state index in [-0.39, 0.29) is 10.4 Å². The number of anilines is 1. The van der Waals surface area contributed by atoms with Crippen LogP contribution in [0.4, 0.5) is 5.69 Å². The first kappa shape index (κ1) is 12.6. The van der Waals surface area contributed by atoms with Crippen molar-refractivity contribution < 1.29 is 4.79 Å². The third kappa shape index (κ3) is 2.71. The Kier molecular flexibility index (Phi) is 3.87. The summed E-state index contributed by atoms with van der Waals surface area (Å²) < 4.78 is -0.182. The quantitative estimate of drug-likeness (QED) is 0.594. The average molecular weight is 296 g/mol. The summed E-state index contributed by atoms with van der Waals surface area (Å²) in [6.45, 7) is 1.64. The van der Waals surface area contributed by atoms with Crippen molar-refractivity contribution in [1.82, 2.24) is 0 Å². The lowest BCUT2D eigenvalue weighted by molar-refractivity contribution is -0.117. The fraction of sp³-hybridized carbons (Fsp3) is 0.500. The van der Waals surface area contributed by atoms with Crippen molar-refractivity contribution in [1.29, 1.82) is 0 Å². The van der Waals surface area contributed by atoms with Crippen molar-refractivity contribution in [3.8, 4) is 0 Å². The van der Waals surface area contributed by atoms with E-state index >= 15 is 0 Å². The summed E-state index contributed by atoms with van der Waals surface area (Å²) in [5.41, 5.74) is 0.985. The Hall–Kier alpha value is -0.830. The van der Waals surface area contributed by atoms with Gasteiger partial charge in [0.15, 0.2) is 0 Å². The molecule has 0 bridgehead atoms. The molecule has 0 aliphatic heterocycles. The summed E-state index contributed by atoms with van der Waals surface area (Å²) in [7, 11) is 0. The minimum atomic E-state index is -0.182. The van der Waals surface area contributed by atoms with Crippen molar-refractivity contribution in [2.45, 2.75) is 43.5 Å². The van der Waals surface area contributed by atoms with Crippen molar-refractivity contribution in [2.24, 2.45) is 0 Å². The molecule has 3 heteroatoms. The van der Waals surface area contributed by atoms with Gasteiger partial charge in [-0.1, -0.05) is 53.4 Å². The summed E-state index contributed by atoms with van der Waals surface area (Å²) in [6.07, 6.45) is 5.70. The number of para-hydroxylation sites is 1. The maximum absolute atomic E-state index is 11.9. The second-order valence-electron chi connectivity index (χ2n) is 4.67. The Morgan fingerprint density at radius 2 is 1.76 bits per heavy atom. The molecule has 0 spiro atoms. The van der Waals surface area contributed by atoms with E-state index in [1.807, 2.05) is 35.2 Å². The first-order chi connectivity index (χ1) is 8.13. The van der Waals surface area contributed by atoms with Gasteiger partial charge in [0, 0.05) is 12.6 Å². The highest BCUT2D eigenvalue weighted by atomic mass is 79.9. The number of carbonyl (C=O) groups excluding carboxylic acids is 1. The van der Waals surface area contributed by atoms with Crippen molar-refractivity contribution in [3.63, 3.8) is 0 Å². The van der Waals surface area contributed by atoms with Gasteiger partial charge in [0.05, 0.1) is 0 Å². The number of halogens is 1. The van der Waals surface area contributed by atoms with Gasteiger partial charge in [-0.05, 0) is 25.0 Å². The number of benzene rings is 1. The van der Waals surface area contributed by atoms with E-state index in [1.54, 1.807) is 6.92 Å². The fourth-order valence-electron chi connectivity index (χ4n) is 2.59. The highest BCUT2D eigenvalue weighted by molar-refractivity contribution is 9.10. The maximum atomic E-state index is 11.9. The van der Waals surface area contributed by atoms with Crippen LogP contribution in [0.3, 0.4) is 0 Å². The van der Waals surface area contributed by atoms with Crippen LogP contribution in [0, 0.1) is 0 Å². The van der Waals surface area contributed by atoms with Crippen LogP contribution in [0.5, 0.6) is 0 Å². The van der Waals surface area contributed by atoms with Crippen LogP contribution in [0.2, 0.25) is 0 Å². The summed E-state index contributed by atoms with van der Waals surface area (Å²) in [6, 6.07) is 9.93. The third-order valence-corrected chi connectivity index (χ3v) is 4.50. The molecule has 0 saturated heterocycles. The zero-order chi connectivity index (χ0) is 12.3. The SMILES string of the molecule is CC(=O)N(c1ccccc1)C1(Br)CCCCC1. The topological polar surface area (TPSA) is 20.3 Å². The van der Waals surface area contributed by atoms with Gasteiger partial charge in [0.25, 0.3) is 0 Å². The standard InChI is InChI=1S/C14H18BrNO/c1-12(17)16(13-8-4-2-5-9-13)14(15)10-6-3-7-11-14/h2,4-5,8-9H,3,6-7,10-11H2,1H3. The number of hydrogen-bond donors (Lipinski definition) is 0.